The van der Waals surface area contributed by atoms with Crippen LogP contribution in [0.25, 0.3) is 0 Å². The van der Waals surface area contributed by atoms with E-state index in [1.165, 1.54) is 0 Å². The van der Waals surface area contributed by atoms with Gasteiger partial charge in [-0.1, -0.05) is 27.5 Å². The monoisotopic (exact) mass is 229 g/mol. The second-order valence-corrected chi connectivity index (χ2v) is 3.46. The smallest absolute Gasteiger partial charge is 0.0995 e. The summed E-state index contributed by atoms with van der Waals surface area (Å²) >= 11 is 9.02. The molecule has 0 aromatic heterocycles. The van der Waals surface area contributed by atoms with E-state index in [1.807, 2.05) is 6.92 Å². The van der Waals surface area contributed by atoms with E-state index in [4.69, 9.17) is 16.9 Å². The maximum absolute atomic E-state index is 8.64. The third kappa shape index (κ3) is 1.74. The molecule has 0 saturated heterocycles. The average Bonchev–Trinajstić information content (AvgIpc) is 1.96. The molecule has 3 heteroatoms. The lowest BCUT2D eigenvalue weighted by atomic mass is 10.1. The minimum absolute atomic E-state index is 0.582. The van der Waals surface area contributed by atoms with E-state index in [1.54, 1.807) is 12.1 Å². The molecule has 0 spiro atoms. The van der Waals surface area contributed by atoms with E-state index in [9.17, 15) is 0 Å². The summed E-state index contributed by atoms with van der Waals surface area (Å²) in [5.74, 6) is 0. The molecule has 0 amide bonds. The molecule has 0 bridgehead atoms. The van der Waals surface area contributed by atoms with Crippen LogP contribution in [0.4, 0.5) is 0 Å². The van der Waals surface area contributed by atoms with Gasteiger partial charge in [0.25, 0.3) is 0 Å². The van der Waals surface area contributed by atoms with E-state index < -0.39 is 0 Å². The van der Waals surface area contributed by atoms with Crippen LogP contribution in [-0.2, 0) is 0 Å². The second-order valence-electron chi connectivity index (χ2n) is 2.17. The third-order valence-electron chi connectivity index (χ3n) is 1.43. The SMILES string of the molecule is Cc1c(Br)cc(Cl)cc1C#N. The lowest BCUT2D eigenvalue weighted by Crippen LogP contribution is -1.83. The topological polar surface area (TPSA) is 23.8 Å². The number of halogens is 2. The third-order valence-corrected chi connectivity index (χ3v) is 2.47. The van der Waals surface area contributed by atoms with E-state index >= 15 is 0 Å². The Balaban J connectivity index is 3.39. The molecule has 0 unspecified atom stereocenters. The van der Waals surface area contributed by atoms with Gasteiger partial charge in [0.2, 0.25) is 0 Å². The first-order valence-electron chi connectivity index (χ1n) is 3.01. The van der Waals surface area contributed by atoms with Crippen molar-refractivity contribution in [2.45, 2.75) is 6.92 Å². The summed E-state index contributed by atoms with van der Waals surface area (Å²) in [6.07, 6.45) is 0. The molecule has 0 aliphatic rings. The molecule has 0 aliphatic heterocycles. The van der Waals surface area contributed by atoms with Gasteiger partial charge < -0.3 is 0 Å². The highest BCUT2D eigenvalue weighted by Gasteiger charge is 2.02. The lowest BCUT2D eigenvalue weighted by Gasteiger charge is -2.00. The van der Waals surface area contributed by atoms with Gasteiger partial charge in [-0.2, -0.15) is 5.26 Å². The van der Waals surface area contributed by atoms with E-state index in [-0.39, 0.29) is 0 Å². The molecular weight excluding hydrogens is 225 g/mol. The zero-order valence-electron chi connectivity index (χ0n) is 5.86. The predicted molar refractivity (Wildman–Crippen MR) is 48.6 cm³/mol. The zero-order chi connectivity index (χ0) is 8.43. The maximum atomic E-state index is 8.64. The van der Waals surface area contributed by atoms with E-state index in [2.05, 4.69) is 22.0 Å². The molecule has 56 valence electrons. The van der Waals surface area contributed by atoms with Crippen LogP contribution >= 0.6 is 27.5 Å². The molecule has 0 atom stereocenters. The summed E-state index contributed by atoms with van der Waals surface area (Å²) in [7, 11) is 0. The van der Waals surface area contributed by atoms with Gasteiger partial charge in [-0.05, 0) is 24.6 Å². The highest BCUT2D eigenvalue weighted by atomic mass is 79.9. The van der Waals surface area contributed by atoms with Crippen LogP contribution < -0.4 is 0 Å². The van der Waals surface area contributed by atoms with Crippen molar-refractivity contribution in [1.29, 1.82) is 5.26 Å². The number of rotatable bonds is 0. The molecule has 0 heterocycles. The summed E-state index contributed by atoms with van der Waals surface area (Å²) < 4.78 is 0.876. The molecule has 1 aromatic rings. The Morgan fingerprint density at radius 1 is 1.55 bits per heavy atom. The van der Waals surface area contributed by atoms with Crippen LogP contribution in [-0.4, -0.2) is 0 Å². The first kappa shape index (κ1) is 8.58. The Kier molecular flexibility index (Phi) is 2.53. The van der Waals surface area contributed by atoms with Crippen molar-refractivity contribution < 1.29 is 0 Å². The molecule has 1 rings (SSSR count). The molecule has 1 nitrogen and oxygen atoms in total. The Morgan fingerprint density at radius 2 is 2.18 bits per heavy atom. The van der Waals surface area contributed by atoms with Crippen molar-refractivity contribution in [3.05, 3.63) is 32.8 Å². The fourth-order valence-corrected chi connectivity index (χ4v) is 1.57. The standard InChI is InChI=1S/C8H5BrClN/c1-5-6(4-11)2-7(10)3-8(5)9/h2-3H,1H3. The first-order chi connectivity index (χ1) is 5.15. The Morgan fingerprint density at radius 3 is 2.73 bits per heavy atom. The Hall–Kier alpha value is -0.520. The molecule has 1 aromatic carbocycles. The van der Waals surface area contributed by atoms with Gasteiger partial charge in [0, 0.05) is 9.50 Å². The Labute approximate surface area is 78.7 Å². The maximum Gasteiger partial charge on any atom is 0.0995 e. The molecule has 11 heavy (non-hydrogen) atoms. The normalized spacial score (nSPS) is 9.27. The van der Waals surface area contributed by atoms with Crippen molar-refractivity contribution in [1.82, 2.24) is 0 Å². The van der Waals surface area contributed by atoms with Crippen molar-refractivity contribution in [2.24, 2.45) is 0 Å². The van der Waals surface area contributed by atoms with Crippen molar-refractivity contribution in [2.75, 3.05) is 0 Å². The number of nitriles is 1. The molecule has 0 radical (unpaired) electrons. The van der Waals surface area contributed by atoms with Crippen molar-refractivity contribution in [3.63, 3.8) is 0 Å². The van der Waals surface area contributed by atoms with Gasteiger partial charge in [0.15, 0.2) is 0 Å². The largest absolute Gasteiger partial charge is 0.192 e. The average molecular weight is 230 g/mol. The van der Waals surface area contributed by atoms with Gasteiger partial charge >= 0.3 is 0 Å². The zero-order valence-corrected chi connectivity index (χ0v) is 8.20. The van der Waals surface area contributed by atoms with Crippen molar-refractivity contribution >= 4 is 27.5 Å². The minimum Gasteiger partial charge on any atom is -0.192 e. The molecule has 0 N–H and O–H groups in total. The van der Waals surface area contributed by atoms with Gasteiger partial charge in [-0.25, -0.2) is 0 Å². The predicted octanol–water partition coefficient (Wildman–Crippen LogP) is 3.28. The number of hydrogen-bond acceptors (Lipinski definition) is 1. The number of nitrogens with zero attached hydrogens (tertiary/aromatic N) is 1. The molecular formula is C8H5BrClN. The van der Waals surface area contributed by atoms with Gasteiger partial charge in [0.1, 0.15) is 0 Å². The summed E-state index contributed by atoms with van der Waals surface area (Å²) in [6, 6.07) is 5.49. The van der Waals surface area contributed by atoms with Crippen LogP contribution in [0, 0.1) is 18.3 Å². The highest BCUT2D eigenvalue weighted by Crippen LogP contribution is 2.24. The summed E-state index contributed by atoms with van der Waals surface area (Å²) in [5.41, 5.74) is 1.54. The van der Waals surface area contributed by atoms with E-state index in [0.29, 0.717) is 10.6 Å². The molecule has 0 saturated carbocycles. The fraction of sp³-hybridized carbons (Fsp3) is 0.125. The van der Waals surface area contributed by atoms with Crippen LogP contribution in [0.1, 0.15) is 11.1 Å². The van der Waals surface area contributed by atoms with Crippen molar-refractivity contribution in [3.8, 4) is 6.07 Å². The summed E-state index contributed by atoms with van der Waals surface area (Å²) in [6.45, 7) is 1.87. The molecule has 0 fully saturated rings. The summed E-state index contributed by atoms with van der Waals surface area (Å²) in [4.78, 5) is 0. The van der Waals surface area contributed by atoms with Crippen LogP contribution in [0.2, 0.25) is 5.02 Å². The van der Waals surface area contributed by atoms with Crippen LogP contribution in [0.15, 0.2) is 16.6 Å². The quantitative estimate of drug-likeness (QED) is 0.671. The van der Waals surface area contributed by atoms with E-state index in [0.717, 1.165) is 10.0 Å². The number of benzene rings is 1. The fourth-order valence-electron chi connectivity index (χ4n) is 0.762. The minimum atomic E-state index is 0.582. The first-order valence-corrected chi connectivity index (χ1v) is 4.18. The highest BCUT2D eigenvalue weighted by molar-refractivity contribution is 9.10. The molecule has 0 aliphatic carbocycles. The van der Waals surface area contributed by atoms with Gasteiger partial charge in [-0.3, -0.25) is 0 Å². The van der Waals surface area contributed by atoms with Gasteiger partial charge in [0.05, 0.1) is 11.6 Å². The Bertz CT molecular complexity index is 328. The van der Waals surface area contributed by atoms with Crippen LogP contribution in [0.3, 0.4) is 0 Å². The lowest BCUT2D eigenvalue weighted by molar-refractivity contribution is 1.37. The summed E-state index contributed by atoms with van der Waals surface area (Å²) in [5, 5.41) is 9.22. The number of hydrogen-bond donors (Lipinski definition) is 0. The second kappa shape index (κ2) is 3.25. The van der Waals surface area contributed by atoms with Crippen LogP contribution in [0.5, 0.6) is 0 Å². The van der Waals surface area contributed by atoms with Gasteiger partial charge in [-0.15, -0.1) is 0 Å².